The molecule has 1 saturated carbocycles. The Balaban J connectivity index is 1.93. The average molecular weight is 371 g/mol. The zero-order valence-corrected chi connectivity index (χ0v) is 15.5. The molecule has 146 valence electrons. The van der Waals surface area contributed by atoms with Crippen molar-refractivity contribution in [3.05, 3.63) is 23.8 Å². The van der Waals surface area contributed by atoms with E-state index in [9.17, 15) is 8.78 Å². The van der Waals surface area contributed by atoms with Gasteiger partial charge in [0.15, 0.2) is 5.96 Å². The van der Waals surface area contributed by atoms with Gasteiger partial charge in [-0.15, -0.1) is 0 Å². The van der Waals surface area contributed by atoms with Gasteiger partial charge in [-0.1, -0.05) is 0 Å². The monoisotopic (exact) mass is 371 g/mol. The van der Waals surface area contributed by atoms with Gasteiger partial charge in [-0.3, -0.25) is 4.99 Å². The molecule has 26 heavy (non-hydrogen) atoms. The smallest absolute Gasteiger partial charge is 0.387 e. The predicted octanol–water partition coefficient (Wildman–Crippen LogP) is 2.78. The second-order valence-electron chi connectivity index (χ2n) is 6.37. The van der Waals surface area contributed by atoms with Crippen molar-refractivity contribution in [2.75, 3.05) is 34.4 Å². The molecule has 0 unspecified atom stereocenters. The minimum Gasteiger partial charge on any atom is -0.497 e. The fraction of sp³-hybridized carbons (Fsp3) is 0.611. The highest BCUT2D eigenvalue weighted by Crippen LogP contribution is 2.48. The molecule has 2 rings (SSSR count). The highest BCUT2D eigenvalue weighted by Gasteiger charge is 2.41. The van der Waals surface area contributed by atoms with Crippen LogP contribution < -0.4 is 20.1 Å². The molecule has 0 heterocycles. The number of guanidine groups is 1. The van der Waals surface area contributed by atoms with Crippen LogP contribution in [0.2, 0.25) is 0 Å². The standard InChI is InChI=1S/C18H27F2N3O3/c1-21-17(23-12-18(6-7-18)8-9-24-2)22-11-13-10-14(25-3)4-5-15(13)26-16(19)20/h4-5,10,16H,6-9,11-12H2,1-3H3,(H2,21,22,23). The predicted molar refractivity (Wildman–Crippen MR) is 96.0 cm³/mol. The minimum absolute atomic E-state index is 0.113. The fourth-order valence-corrected chi connectivity index (χ4v) is 2.71. The molecule has 1 fully saturated rings. The molecule has 0 saturated heterocycles. The zero-order chi connectivity index (χ0) is 19.0. The number of nitrogens with one attached hydrogen (secondary N) is 2. The molecule has 0 bridgehead atoms. The summed E-state index contributed by atoms with van der Waals surface area (Å²) < 4.78 is 40.1. The molecule has 1 aromatic rings. The number of ether oxygens (including phenoxy) is 3. The molecule has 1 aliphatic rings. The molecular formula is C18H27F2N3O3. The fourth-order valence-electron chi connectivity index (χ4n) is 2.71. The van der Waals surface area contributed by atoms with E-state index in [4.69, 9.17) is 9.47 Å². The highest BCUT2D eigenvalue weighted by atomic mass is 19.3. The summed E-state index contributed by atoms with van der Waals surface area (Å²) in [5.74, 6) is 1.30. The maximum Gasteiger partial charge on any atom is 0.387 e. The van der Waals surface area contributed by atoms with Crippen molar-refractivity contribution in [3.8, 4) is 11.5 Å². The normalized spacial score (nSPS) is 15.7. The third-order valence-corrected chi connectivity index (χ3v) is 4.58. The molecule has 1 aromatic carbocycles. The minimum atomic E-state index is -2.88. The van der Waals surface area contributed by atoms with Crippen LogP contribution in [0.15, 0.2) is 23.2 Å². The van der Waals surface area contributed by atoms with E-state index < -0.39 is 6.61 Å². The number of aliphatic imine (C=N–C) groups is 1. The number of benzene rings is 1. The van der Waals surface area contributed by atoms with Gasteiger partial charge in [0.1, 0.15) is 11.5 Å². The highest BCUT2D eigenvalue weighted by molar-refractivity contribution is 5.79. The topological polar surface area (TPSA) is 64.1 Å². The number of rotatable bonds is 10. The Morgan fingerprint density at radius 3 is 2.62 bits per heavy atom. The van der Waals surface area contributed by atoms with Crippen molar-refractivity contribution >= 4 is 5.96 Å². The summed E-state index contributed by atoms with van der Waals surface area (Å²) in [4.78, 5) is 4.19. The van der Waals surface area contributed by atoms with Gasteiger partial charge in [0.2, 0.25) is 0 Å². The van der Waals surface area contributed by atoms with E-state index in [1.165, 1.54) is 26.0 Å². The van der Waals surface area contributed by atoms with Crippen LogP contribution in [0, 0.1) is 5.41 Å². The third-order valence-electron chi connectivity index (χ3n) is 4.58. The van der Waals surface area contributed by atoms with Crippen LogP contribution in [0.5, 0.6) is 11.5 Å². The molecule has 1 aliphatic carbocycles. The number of hydrogen-bond donors (Lipinski definition) is 2. The van der Waals surface area contributed by atoms with E-state index in [1.54, 1.807) is 26.3 Å². The quantitative estimate of drug-likeness (QED) is 0.489. The van der Waals surface area contributed by atoms with Crippen molar-refractivity contribution in [2.24, 2.45) is 10.4 Å². The van der Waals surface area contributed by atoms with Gasteiger partial charge in [0.25, 0.3) is 0 Å². The van der Waals surface area contributed by atoms with E-state index in [2.05, 4.69) is 20.4 Å². The van der Waals surface area contributed by atoms with Crippen LogP contribution in [0.25, 0.3) is 0 Å². The average Bonchev–Trinajstić information content (AvgIpc) is 3.41. The molecule has 0 aromatic heterocycles. The van der Waals surface area contributed by atoms with E-state index in [1.807, 2.05) is 0 Å². The Bertz CT molecular complexity index is 607. The lowest BCUT2D eigenvalue weighted by Gasteiger charge is -2.19. The maximum absolute atomic E-state index is 12.6. The van der Waals surface area contributed by atoms with Crippen LogP contribution in [-0.2, 0) is 11.3 Å². The number of methoxy groups -OCH3 is 2. The first-order valence-electron chi connectivity index (χ1n) is 8.57. The van der Waals surface area contributed by atoms with Gasteiger partial charge in [-0.05, 0) is 42.9 Å². The lowest BCUT2D eigenvalue weighted by molar-refractivity contribution is -0.0504. The summed E-state index contributed by atoms with van der Waals surface area (Å²) in [6.07, 6.45) is 3.35. The Morgan fingerprint density at radius 2 is 2.04 bits per heavy atom. The first-order chi connectivity index (χ1) is 12.5. The van der Waals surface area contributed by atoms with E-state index >= 15 is 0 Å². The largest absolute Gasteiger partial charge is 0.497 e. The maximum atomic E-state index is 12.6. The van der Waals surface area contributed by atoms with Crippen LogP contribution in [0.1, 0.15) is 24.8 Å². The molecule has 0 atom stereocenters. The summed E-state index contributed by atoms with van der Waals surface area (Å²) in [7, 11) is 4.90. The zero-order valence-electron chi connectivity index (χ0n) is 15.5. The van der Waals surface area contributed by atoms with E-state index in [-0.39, 0.29) is 17.7 Å². The van der Waals surface area contributed by atoms with Crippen LogP contribution in [-0.4, -0.2) is 47.0 Å². The number of nitrogens with zero attached hydrogens (tertiary/aromatic N) is 1. The Kier molecular flexibility index (Phi) is 7.44. The molecule has 0 amide bonds. The number of alkyl halides is 2. The first-order valence-corrected chi connectivity index (χ1v) is 8.57. The number of halogens is 2. The Hall–Kier alpha value is -2.09. The SMILES string of the molecule is CN=C(NCc1cc(OC)ccc1OC(F)F)NCC1(CCOC)CC1. The van der Waals surface area contributed by atoms with Crippen molar-refractivity contribution in [1.82, 2.24) is 10.6 Å². The van der Waals surface area contributed by atoms with Crippen LogP contribution in [0.4, 0.5) is 8.78 Å². The van der Waals surface area contributed by atoms with Crippen molar-refractivity contribution in [2.45, 2.75) is 32.4 Å². The lowest BCUT2D eigenvalue weighted by Crippen LogP contribution is -2.40. The van der Waals surface area contributed by atoms with Crippen molar-refractivity contribution < 1.29 is 23.0 Å². The molecule has 0 spiro atoms. The van der Waals surface area contributed by atoms with Gasteiger partial charge in [-0.2, -0.15) is 8.78 Å². The number of hydrogen-bond acceptors (Lipinski definition) is 4. The van der Waals surface area contributed by atoms with Crippen LogP contribution in [0.3, 0.4) is 0 Å². The molecule has 0 radical (unpaired) electrons. The molecule has 6 nitrogen and oxygen atoms in total. The molecule has 2 N–H and O–H groups in total. The second-order valence-corrected chi connectivity index (χ2v) is 6.37. The van der Waals surface area contributed by atoms with E-state index in [0.717, 1.165) is 19.6 Å². The van der Waals surface area contributed by atoms with Gasteiger partial charge >= 0.3 is 6.61 Å². The first kappa shape index (κ1) is 20.2. The summed E-state index contributed by atoms with van der Waals surface area (Å²) in [6, 6.07) is 4.72. The summed E-state index contributed by atoms with van der Waals surface area (Å²) >= 11 is 0. The third kappa shape index (κ3) is 6.01. The van der Waals surface area contributed by atoms with Gasteiger partial charge in [0, 0.05) is 39.4 Å². The summed E-state index contributed by atoms with van der Waals surface area (Å²) in [5.41, 5.74) is 0.834. The molecular weight excluding hydrogens is 344 g/mol. The molecule has 8 heteroatoms. The van der Waals surface area contributed by atoms with Gasteiger partial charge < -0.3 is 24.8 Å². The van der Waals surface area contributed by atoms with Crippen LogP contribution >= 0.6 is 0 Å². The van der Waals surface area contributed by atoms with E-state index in [0.29, 0.717) is 17.3 Å². The molecule has 0 aliphatic heterocycles. The lowest BCUT2D eigenvalue weighted by atomic mass is 10.0. The van der Waals surface area contributed by atoms with Crippen molar-refractivity contribution in [3.63, 3.8) is 0 Å². The Morgan fingerprint density at radius 1 is 1.27 bits per heavy atom. The summed E-state index contributed by atoms with van der Waals surface area (Å²) in [5, 5.41) is 6.44. The van der Waals surface area contributed by atoms with Crippen molar-refractivity contribution in [1.29, 1.82) is 0 Å². The Labute approximate surface area is 152 Å². The second kappa shape index (κ2) is 9.56. The summed E-state index contributed by atoms with van der Waals surface area (Å²) in [6.45, 7) is -1.06. The van der Waals surface area contributed by atoms with Gasteiger partial charge in [-0.25, -0.2) is 0 Å². The van der Waals surface area contributed by atoms with Gasteiger partial charge in [0.05, 0.1) is 7.11 Å².